The van der Waals surface area contributed by atoms with Gasteiger partial charge in [-0.3, -0.25) is 0 Å². The Balaban J connectivity index is 2.61. The predicted octanol–water partition coefficient (Wildman–Crippen LogP) is 4.86. The molecule has 0 aliphatic heterocycles. The number of rotatable bonds is 1. The lowest BCUT2D eigenvalue weighted by Gasteiger charge is -2.08. The highest BCUT2D eigenvalue weighted by Crippen LogP contribution is 2.28. The molecule has 2 aromatic carbocycles. The average molecular weight is 286 g/mol. The molecule has 0 fully saturated rings. The molecule has 0 N–H and O–H groups in total. The maximum atomic E-state index is 13.9. The summed E-state index contributed by atoms with van der Waals surface area (Å²) in [5.41, 5.74) is 4.40. The fourth-order valence-corrected chi connectivity index (χ4v) is 2.33. The Morgan fingerprint density at radius 2 is 1.45 bits per heavy atom. The summed E-state index contributed by atoms with van der Waals surface area (Å²) in [6.45, 7) is 6.39. The zero-order chi connectivity index (χ0) is 14.8. The molecule has 0 heterocycles. The predicted molar refractivity (Wildman–Crippen MR) is 82.0 cm³/mol. The fourth-order valence-electron chi connectivity index (χ4n) is 1.82. The van der Waals surface area contributed by atoms with Crippen LogP contribution in [0.3, 0.4) is 0 Å². The Hall–Kier alpha value is -1.92. The highest BCUT2D eigenvalue weighted by atomic mass is 28.3. The maximum Gasteiger partial charge on any atom is 0.134 e. The van der Waals surface area contributed by atoms with Crippen LogP contribution in [-0.4, -0.2) is 8.07 Å². The summed E-state index contributed by atoms with van der Waals surface area (Å²) < 4.78 is 27.8. The number of halogens is 2. The molecule has 2 aromatic rings. The monoisotopic (exact) mass is 286 g/mol. The molecule has 0 radical (unpaired) electrons. The molecule has 0 aliphatic rings. The van der Waals surface area contributed by atoms with Crippen molar-refractivity contribution in [1.82, 2.24) is 0 Å². The van der Waals surface area contributed by atoms with Crippen LogP contribution in [0.5, 0.6) is 0 Å². The smallest absolute Gasteiger partial charge is 0.134 e. The largest absolute Gasteiger partial charge is 0.206 e. The molecule has 0 unspecified atom stereocenters. The first-order chi connectivity index (χ1) is 9.38. The molecule has 0 saturated carbocycles. The first-order valence-corrected chi connectivity index (χ1v) is 9.95. The van der Waals surface area contributed by atoms with E-state index in [4.69, 9.17) is 0 Å². The zero-order valence-corrected chi connectivity index (χ0v) is 12.8. The van der Waals surface area contributed by atoms with Crippen LogP contribution in [0.15, 0.2) is 42.5 Å². The summed E-state index contributed by atoms with van der Waals surface area (Å²) in [4.78, 5) is 0. The van der Waals surface area contributed by atoms with Crippen LogP contribution < -0.4 is 0 Å². The van der Waals surface area contributed by atoms with E-state index in [9.17, 15) is 8.78 Å². The van der Waals surface area contributed by atoms with Gasteiger partial charge in [-0.2, -0.15) is 0 Å². The number of benzene rings is 2. The van der Waals surface area contributed by atoms with Crippen molar-refractivity contribution in [2.45, 2.75) is 19.6 Å². The molecule has 0 atom stereocenters. The Kier molecular flexibility index (Phi) is 4.06. The van der Waals surface area contributed by atoms with Crippen molar-refractivity contribution in [3.8, 4) is 22.6 Å². The van der Waals surface area contributed by atoms with Gasteiger partial charge in [0.25, 0.3) is 0 Å². The van der Waals surface area contributed by atoms with E-state index in [0.29, 0.717) is 11.1 Å². The van der Waals surface area contributed by atoms with Crippen molar-refractivity contribution < 1.29 is 8.78 Å². The van der Waals surface area contributed by atoms with Gasteiger partial charge in [-0.15, -0.1) is 5.54 Å². The van der Waals surface area contributed by atoms with Gasteiger partial charge in [0, 0.05) is 11.1 Å². The third kappa shape index (κ3) is 3.34. The SMILES string of the molecule is C[Si](C)(C)C#Cc1ccccc1-c1c(F)cccc1F. The summed E-state index contributed by atoms with van der Waals surface area (Å²) in [5.74, 6) is 1.96. The quantitative estimate of drug-likeness (QED) is 0.519. The van der Waals surface area contributed by atoms with Gasteiger partial charge in [0.1, 0.15) is 19.7 Å². The van der Waals surface area contributed by atoms with Crippen LogP contribution in [0.2, 0.25) is 19.6 Å². The summed E-state index contributed by atoms with van der Waals surface area (Å²) in [5, 5.41) is 0. The summed E-state index contributed by atoms with van der Waals surface area (Å²) in [7, 11) is -1.54. The zero-order valence-electron chi connectivity index (χ0n) is 11.8. The first kappa shape index (κ1) is 14.5. The highest BCUT2D eigenvalue weighted by molar-refractivity contribution is 6.83. The Morgan fingerprint density at radius 1 is 0.850 bits per heavy atom. The average Bonchev–Trinajstić information content (AvgIpc) is 2.36. The molecule has 0 aliphatic carbocycles. The van der Waals surface area contributed by atoms with Gasteiger partial charge in [-0.25, -0.2) is 8.78 Å². The summed E-state index contributed by atoms with van der Waals surface area (Å²) in [6, 6.07) is 11.0. The van der Waals surface area contributed by atoms with E-state index in [0.717, 1.165) is 0 Å². The molecule has 2 rings (SSSR count). The first-order valence-electron chi connectivity index (χ1n) is 6.45. The van der Waals surface area contributed by atoms with Crippen LogP contribution >= 0.6 is 0 Å². The lowest BCUT2D eigenvalue weighted by atomic mass is 9.99. The highest BCUT2D eigenvalue weighted by Gasteiger charge is 2.14. The minimum absolute atomic E-state index is 0.00650. The van der Waals surface area contributed by atoms with Crippen molar-refractivity contribution in [3.63, 3.8) is 0 Å². The molecular weight excluding hydrogens is 270 g/mol. The second kappa shape index (κ2) is 5.60. The van der Waals surface area contributed by atoms with Gasteiger partial charge >= 0.3 is 0 Å². The molecule has 20 heavy (non-hydrogen) atoms. The van der Waals surface area contributed by atoms with Gasteiger partial charge in [0.05, 0.1) is 5.56 Å². The van der Waals surface area contributed by atoms with Crippen molar-refractivity contribution in [3.05, 3.63) is 59.7 Å². The molecule has 0 amide bonds. The molecule has 102 valence electrons. The van der Waals surface area contributed by atoms with Crippen LogP contribution in [0.1, 0.15) is 5.56 Å². The Labute approximate surface area is 119 Å². The standard InChI is InChI=1S/C17H16F2Si/c1-20(2,3)12-11-13-7-4-5-8-14(13)17-15(18)9-6-10-16(17)19/h4-10H,1-3H3. The van der Waals surface area contributed by atoms with Crippen molar-refractivity contribution in [2.75, 3.05) is 0 Å². The van der Waals surface area contributed by atoms with E-state index in [2.05, 4.69) is 31.1 Å². The second-order valence-electron chi connectivity index (χ2n) is 5.64. The minimum atomic E-state index is -1.54. The van der Waals surface area contributed by atoms with E-state index in [-0.39, 0.29) is 5.56 Å². The van der Waals surface area contributed by atoms with Crippen LogP contribution in [0.4, 0.5) is 8.78 Å². The molecule has 0 saturated heterocycles. The number of hydrogen-bond acceptors (Lipinski definition) is 0. The van der Waals surface area contributed by atoms with E-state index >= 15 is 0 Å². The van der Waals surface area contributed by atoms with E-state index in [1.165, 1.54) is 18.2 Å². The Morgan fingerprint density at radius 3 is 2.05 bits per heavy atom. The van der Waals surface area contributed by atoms with Crippen molar-refractivity contribution >= 4 is 8.07 Å². The maximum absolute atomic E-state index is 13.9. The lowest BCUT2D eigenvalue weighted by Crippen LogP contribution is -2.16. The van der Waals surface area contributed by atoms with Gasteiger partial charge in [0.2, 0.25) is 0 Å². The Bertz CT molecular complexity index is 668. The van der Waals surface area contributed by atoms with E-state index < -0.39 is 19.7 Å². The molecule has 0 aromatic heterocycles. The molecule has 0 spiro atoms. The summed E-state index contributed by atoms with van der Waals surface area (Å²) in [6.07, 6.45) is 0. The van der Waals surface area contributed by atoms with Gasteiger partial charge in [-0.1, -0.05) is 49.8 Å². The summed E-state index contributed by atoms with van der Waals surface area (Å²) >= 11 is 0. The minimum Gasteiger partial charge on any atom is -0.206 e. The van der Waals surface area contributed by atoms with Crippen LogP contribution in [0.25, 0.3) is 11.1 Å². The van der Waals surface area contributed by atoms with Crippen LogP contribution in [-0.2, 0) is 0 Å². The van der Waals surface area contributed by atoms with E-state index in [1.807, 2.05) is 6.07 Å². The molecular formula is C17H16F2Si. The van der Waals surface area contributed by atoms with E-state index in [1.54, 1.807) is 18.2 Å². The molecule has 3 heteroatoms. The van der Waals surface area contributed by atoms with Crippen molar-refractivity contribution in [1.29, 1.82) is 0 Å². The van der Waals surface area contributed by atoms with Gasteiger partial charge < -0.3 is 0 Å². The van der Waals surface area contributed by atoms with Crippen molar-refractivity contribution in [2.24, 2.45) is 0 Å². The molecule has 0 bridgehead atoms. The van der Waals surface area contributed by atoms with Crippen LogP contribution in [0, 0.1) is 23.1 Å². The van der Waals surface area contributed by atoms with Gasteiger partial charge in [0.15, 0.2) is 0 Å². The number of hydrogen-bond donors (Lipinski definition) is 0. The third-order valence-electron chi connectivity index (χ3n) is 2.73. The normalized spacial score (nSPS) is 10.8. The van der Waals surface area contributed by atoms with Gasteiger partial charge in [-0.05, 0) is 18.2 Å². The molecule has 0 nitrogen and oxygen atoms in total. The fraction of sp³-hybridized carbons (Fsp3) is 0.176. The third-order valence-corrected chi connectivity index (χ3v) is 3.61. The second-order valence-corrected chi connectivity index (χ2v) is 10.4. The lowest BCUT2D eigenvalue weighted by molar-refractivity contribution is 0.589. The topological polar surface area (TPSA) is 0 Å².